The molecule has 1 unspecified atom stereocenters. The number of hydrogen-bond donors (Lipinski definition) is 3. The summed E-state index contributed by atoms with van der Waals surface area (Å²) >= 11 is 0. The Morgan fingerprint density at radius 2 is 2.00 bits per heavy atom. The molecule has 0 aromatic heterocycles. The lowest BCUT2D eigenvalue weighted by Crippen LogP contribution is -2.32. The summed E-state index contributed by atoms with van der Waals surface area (Å²) in [5.74, 6) is 0.00786. The molecular weight excluding hydrogens is 290 g/mol. The fourth-order valence-electron chi connectivity index (χ4n) is 2.84. The van der Waals surface area contributed by atoms with Crippen LogP contribution in [0.25, 0.3) is 0 Å². The summed E-state index contributed by atoms with van der Waals surface area (Å²) in [4.78, 5) is 24.0. The smallest absolute Gasteiger partial charge is 0.227 e. The van der Waals surface area contributed by atoms with Gasteiger partial charge in [0.15, 0.2) is 0 Å². The Labute approximate surface area is 138 Å². The molecule has 2 rings (SSSR count). The zero-order valence-electron chi connectivity index (χ0n) is 13.8. The van der Waals surface area contributed by atoms with E-state index in [-0.39, 0.29) is 23.7 Å². The van der Waals surface area contributed by atoms with Crippen molar-refractivity contribution < 1.29 is 9.59 Å². The molecule has 2 amide bonds. The van der Waals surface area contributed by atoms with E-state index in [1.165, 1.54) is 6.42 Å². The Bertz CT molecular complexity index is 539. The van der Waals surface area contributed by atoms with Crippen LogP contribution in [0.15, 0.2) is 24.3 Å². The van der Waals surface area contributed by atoms with Crippen molar-refractivity contribution in [2.45, 2.75) is 45.6 Å². The van der Waals surface area contributed by atoms with Crippen LogP contribution in [0.3, 0.4) is 0 Å². The Morgan fingerprint density at radius 3 is 2.70 bits per heavy atom. The van der Waals surface area contributed by atoms with Crippen LogP contribution < -0.4 is 16.4 Å². The van der Waals surface area contributed by atoms with Gasteiger partial charge in [-0.3, -0.25) is 9.59 Å². The first kappa shape index (κ1) is 17.5. The highest BCUT2D eigenvalue weighted by Crippen LogP contribution is 2.25. The minimum atomic E-state index is -0.191. The molecule has 0 saturated heterocycles. The third kappa shape index (κ3) is 5.36. The van der Waals surface area contributed by atoms with Gasteiger partial charge in [-0.25, -0.2) is 0 Å². The lowest BCUT2D eigenvalue weighted by Gasteiger charge is -2.21. The fraction of sp³-hybridized carbons (Fsp3) is 0.556. The van der Waals surface area contributed by atoms with Gasteiger partial charge in [0.25, 0.3) is 0 Å². The lowest BCUT2D eigenvalue weighted by atomic mass is 9.88. The van der Waals surface area contributed by atoms with Crippen LogP contribution in [-0.4, -0.2) is 18.4 Å². The van der Waals surface area contributed by atoms with Crippen LogP contribution in [0.5, 0.6) is 0 Å². The molecule has 1 atom stereocenters. The van der Waals surface area contributed by atoms with Crippen LogP contribution >= 0.6 is 0 Å². The number of nitrogens with one attached hydrogen (secondary N) is 2. The van der Waals surface area contributed by atoms with Gasteiger partial charge in [0.05, 0.1) is 0 Å². The second-order valence-corrected chi connectivity index (χ2v) is 6.38. The second kappa shape index (κ2) is 8.67. The Hall–Kier alpha value is -1.88. The number of amides is 2. The van der Waals surface area contributed by atoms with Crippen LogP contribution in [0.4, 0.5) is 5.69 Å². The minimum absolute atomic E-state index is 0.0517. The van der Waals surface area contributed by atoms with Gasteiger partial charge in [0, 0.05) is 30.6 Å². The summed E-state index contributed by atoms with van der Waals surface area (Å²) in [6.45, 7) is 2.58. The molecule has 1 fully saturated rings. The molecule has 0 aliphatic heterocycles. The monoisotopic (exact) mass is 317 g/mol. The fourth-order valence-corrected chi connectivity index (χ4v) is 2.84. The first-order valence-electron chi connectivity index (χ1n) is 8.47. The van der Waals surface area contributed by atoms with E-state index in [2.05, 4.69) is 10.6 Å². The maximum Gasteiger partial charge on any atom is 0.227 e. The molecule has 1 aliphatic rings. The quantitative estimate of drug-likeness (QED) is 0.753. The van der Waals surface area contributed by atoms with Gasteiger partial charge >= 0.3 is 0 Å². The molecule has 1 aliphatic carbocycles. The van der Waals surface area contributed by atoms with E-state index in [0.29, 0.717) is 13.1 Å². The largest absolute Gasteiger partial charge is 0.352 e. The van der Waals surface area contributed by atoms with E-state index in [1.807, 2.05) is 24.3 Å². The molecule has 23 heavy (non-hydrogen) atoms. The molecule has 126 valence electrons. The van der Waals surface area contributed by atoms with Crippen molar-refractivity contribution in [1.82, 2.24) is 5.32 Å². The third-order valence-corrected chi connectivity index (χ3v) is 4.44. The molecule has 5 nitrogen and oxygen atoms in total. The summed E-state index contributed by atoms with van der Waals surface area (Å²) in [5.41, 5.74) is 7.24. The van der Waals surface area contributed by atoms with Gasteiger partial charge in [0.2, 0.25) is 11.8 Å². The molecule has 4 N–H and O–H groups in total. The summed E-state index contributed by atoms with van der Waals surface area (Å²) in [5, 5.41) is 5.86. The standard InChI is InChI=1S/C18H27N3O2/c1-13(11-19)17(22)20-12-14-6-5-9-16(10-14)21-18(23)15-7-3-2-4-8-15/h5-6,9-10,13,15H,2-4,7-8,11-12,19H2,1H3,(H,20,22)(H,21,23). The molecule has 0 bridgehead atoms. The van der Waals surface area contributed by atoms with Crippen molar-refractivity contribution in [3.63, 3.8) is 0 Å². The highest BCUT2D eigenvalue weighted by Gasteiger charge is 2.21. The highest BCUT2D eigenvalue weighted by molar-refractivity contribution is 5.92. The summed E-state index contributed by atoms with van der Waals surface area (Å²) < 4.78 is 0. The zero-order valence-corrected chi connectivity index (χ0v) is 13.8. The summed E-state index contributed by atoms with van der Waals surface area (Å²) in [7, 11) is 0. The number of anilines is 1. The van der Waals surface area contributed by atoms with E-state index < -0.39 is 0 Å². The predicted molar refractivity (Wildman–Crippen MR) is 91.7 cm³/mol. The van der Waals surface area contributed by atoms with Gasteiger partial charge in [-0.2, -0.15) is 0 Å². The van der Waals surface area contributed by atoms with Crippen molar-refractivity contribution >= 4 is 17.5 Å². The Balaban J connectivity index is 1.89. The van der Waals surface area contributed by atoms with Crippen LogP contribution in [0.2, 0.25) is 0 Å². The molecule has 0 spiro atoms. The average Bonchev–Trinajstić information content (AvgIpc) is 2.60. The van der Waals surface area contributed by atoms with Gasteiger partial charge in [-0.05, 0) is 30.5 Å². The minimum Gasteiger partial charge on any atom is -0.352 e. The van der Waals surface area contributed by atoms with Crippen molar-refractivity contribution in [3.8, 4) is 0 Å². The van der Waals surface area contributed by atoms with Gasteiger partial charge in [0.1, 0.15) is 0 Å². The Morgan fingerprint density at radius 1 is 1.26 bits per heavy atom. The maximum atomic E-state index is 12.3. The molecule has 1 aromatic rings. The normalized spacial score (nSPS) is 16.6. The predicted octanol–water partition coefficient (Wildman–Crippen LogP) is 2.42. The lowest BCUT2D eigenvalue weighted by molar-refractivity contribution is -0.124. The van der Waals surface area contributed by atoms with Crippen LogP contribution in [0, 0.1) is 11.8 Å². The molecule has 1 saturated carbocycles. The van der Waals surface area contributed by atoms with E-state index in [4.69, 9.17) is 5.73 Å². The van der Waals surface area contributed by atoms with Gasteiger partial charge < -0.3 is 16.4 Å². The molecule has 5 heteroatoms. The zero-order chi connectivity index (χ0) is 16.7. The van der Waals surface area contributed by atoms with Crippen molar-refractivity contribution in [2.24, 2.45) is 17.6 Å². The maximum absolute atomic E-state index is 12.3. The number of hydrogen-bond acceptors (Lipinski definition) is 3. The molecule has 1 aromatic carbocycles. The van der Waals surface area contributed by atoms with E-state index >= 15 is 0 Å². The van der Waals surface area contributed by atoms with Crippen molar-refractivity contribution in [2.75, 3.05) is 11.9 Å². The van der Waals surface area contributed by atoms with Crippen LogP contribution in [-0.2, 0) is 16.1 Å². The number of carbonyl (C=O) groups excluding carboxylic acids is 2. The van der Waals surface area contributed by atoms with E-state index in [1.54, 1.807) is 6.92 Å². The van der Waals surface area contributed by atoms with Crippen molar-refractivity contribution in [3.05, 3.63) is 29.8 Å². The summed E-state index contributed by atoms with van der Waals surface area (Å²) in [6.07, 6.45) is 5.49. The Kier molecular flexibility index (Phi) is 6.59. The molecular formula is C18H27N3O2. The van der Waals surface area contributed by atoms with E-state index in [9.17, 15) is 9.59 Å². The number of benzene rings is 1. The first-order valence-corrected chi connectivity index (χ1v) is 8.47. The van der Waals surface area contributed by atoms with Crippen LogP contribution in [0.1, 0.15) is 44.6 Å². The average molecular weight is 317 g/mol. The van der Waals surface area contributed by atoms with Gasteiger partial charge in [-0.1, -0.05) is 38.3 Å². The summed E-state index contributed by atoms with van der Waals surface area (Å²) in [6, 6.07) is 7.62. The topological polar surface area (TPSA) is 84.2 Å². The van der Waals surface area contributed by atoms with Crippen molar-refractivity contribution in [1.29, 1.82) is 0 Å². The van der Waals surface area contributed by atoms with E-state index in [0.717, 1.165) is 36.9 Å². The molecule has 0 radical (unpaired) electrons. The highest BCUT2D eigenvalue weighted by atomic mass is 16.2. The first-order chi connectivity index (χ1) is 11.1. The SMILES string of the molecule is CC(CN)C(=O)NCc1cccc(NC(=O)C2CCCCC2)c1. The second-order valence-electron chi connectivity index (χ2n) is 6.38. The number of rotatable bonds is 6. The number of nitrogens with two attached hydrogens (primary N) is 1. The molecule has 0 heterocycles. The van der Waals surface area contributed by atoms with Gasteiger partial charge in [-0.15, -0.1) is 0 Å². The number of carbonyl (C=O) groups is 2. The third-order valence-electron chi connectivity index (χ3n) is 4.44.